The number of aryl methyl sites for hydroxylation is 1. The number of fused-ring (bicyclic) bond motifs is 1. The second-order valence-corrected chi connectivity index (χ2v) is 6.79. The monoisotopic (exact) mass is 354 g/mol. The van der Waals surface area contributed by atoms with E-state index in [1.165, 1.54) is 0 Å². The van der Waals surface area contributed by atoms with Crippen LogP contribution in [0.2, 0.25) is 0 Å². The van der Waals surface area contributed by atoms with Gasteiger partial charge in [-0.25, -0.2) is 0 Å². The SMILES string of the molecule is CC(C)CCn1ccc2c(OCC(=O)NCCn3cccn3)cccc21. The molecule has 0 bridgehead atoms. The van der Waals surface area contributed by atoms with Gasteiger partial charge in [-0.05, 0) is 36.6 Å². The Bertz CT molecular complexity index is 837. The van der Waals surface area contributed by atoms with Crippen LogP contribution in [0.15, 0.2) is 48.9 Å². The fraction of sp³-hybridized carbons (Fsp3) is 0.400. The molecule has 0 radical (unpaired) electrons. The third-order valence-electron chi connectivity index (χ3n) is 4.30. The maximum atomic E-state index is 12.0. The van der Waals surface area contributed by atoms with E-state index in [0.29, 0.717) is 19.0 Å². The summed E-state index contributed by atoms with van der Waals surface area (Å²) in [5, 5.41) is 7.99. The van der Waals surface area contributed by atoms with Crippen LogP contribution in [0.1, 0.15) is 20.3 Å². The molecular weight excluding hydrogens is 328 g/mol. The van der Waals surface area contributed by atoms with Gasteiger partial charge < -0.3 is 14.6 Å². The molecule has 0 saturated heterocycles. The lowest BCUT2D eigenvalue weighted by atomic mass is 10.1. The summed E-state index contributed by atoms with van der Waals surface area (Å²) in [7, 11) is 0. The maximum absolute atomic E-state index is 12.0. The van der Waals surface area contributed by atoms with Crippen LogP contribution in [-0.2, 0) is 17.9 Å². The second kappa shape index (κ2) is 8.56. The number of nitrogens with one attached hydrogen (secondary N) is 1. The highest BCUT2D eigenvalue weighted by atomic mass is 16.5. The zero-order valence-corrected chi connectivity index (χ0v) is 15.4. The first kappa shape index (κ1) is 18.0. The molecule has 2 heterocycles. The predicted molar refractivity (Wildman–Crippen MR) is 102 cm³/mol. The Kier molecular flexibility index (Phi) is 5.94. The van der Waals surface area contributed by atoms with Crippen molar-refractivity contribution < 1.29 is 9.53 Å². The standard InChI is InChI=1S/C20H26N4O2/c1-16(2)7-12-23-13-8-17-18(23)5-3-6-19(17)26-15-20(25)21-10-14-24-11-4-9-22-24/h3-6,8-9,11,13,16H,7,10,12,14-15H2,1-2H3,(H,21,25). The van der Waals surface area contributed by atoms with Crippen molar-refractivity contribution in [2.24, 2.45) is 5.92 Å². The average Bonchev–Trinajstić information content (AvgIpc) is 3.28. The summed E-state index contributed by atoms with van der Waals surface area (Å²) < 4.78 is 9.78. The Labute approximate surface area is 153 Å². The van der Waals surface area contributed by atoms with E-state index < -0.39 is 0 Å². The maximum Gasteiger partial charge on any atom is 0.258 e. The van der Waals surface area contributed by atoms with Crippen LogP contribution in [0, 0.1) is 5.92 Å². The zero-order valence-electron chi connectivity index (χ0n) is 15.4. The molecule has 6 heteroatoms. The van der Waals surface area contributed by atoms with Crippen molar-refractivity contribution in [3.8, 4) is 5.75 Å². The molecule has 3 rings (SSSR count). The topological polar surface area (TPSA) is 61.1 Å². The highest BCUT2D eigenvalue weighted by molar-refractivity contribution is 5.87. The van der Waals surface area contributed by atoms with Gasteiger partial charge >= 0.3 is 0 Å². The summed E-state index contributed by atoms with van der Waals surface area (Å²) in [6.07, 6.45) is 6.81. The molecule has 2 aromatic heterocycles. The fourth-order valence-electron chi connectivity index (χ4n) is 2.85. The Morgan fingerprint density at radius 3 is 2.85 bits per heavy atom. The van der Waals surface area contributed by atoms with E-state index in [1.807, 2.05) is 24.4 Å². The number of aromatic nitrogens is 3. The first-order chi connectivity index (χ1) is 12.6. The van der Waals surface area contributed by atoms with Crippen molar-refractivity contribution in [1.29, 1.82) is 0 Å². The van der Waals surface area contributed by atoms with Crippen molar-refractivity contribution in [1.82, 2.24) is 19.7 Å². The first-order valence-electron chi connectivity index (χ1n) is 9.08. The minimum Gasteiger partial charge on any atom is -0.483 e. The van der Waals surface area contributed by atoms with Crippen LogP contribution in [0.3, 0.4) is 0 Å². The first-order valence-corrected chi connectivity index (χ1v) is 9.08. The highest BCUT2D eigenvalue weighted by Crippen LogP contribution is 2.27. The molecule has 0 unspecified atom stereocenters. The largest absolute Gasteiger partial charge is 0.483 e. The van der Waals surface area contributed by atoms with Gasteiger partial charge in [0.15, 0.2) is 6.61 Å². The third-order valence-corrected chi connectivity index (χ3v) is 4.30. The van der Waals surface area contributed by atoms with Crippen molar-refractivity contribution in [2.75, 3.05) is 13.2 Å². The minimum absolute atomic E-state index is 0.00932. The molecule has 138 valence electrons. The van der Waals surface area contributed by atoms with Crippen LogP contribution in [-0.4, -0.2) is 33.4 Å². The van der Waals surface area contributed by atoms with Gasteiger partial charge in [-0.2, -0.15) is 5.10 Å². The van der Waals surface area contributed by atoms with Gasteiger partial charge in [0.05, 0.1) is 12.1 Å². The molecular formula is C20H26N4O2. The molecule has 0 saturated carbocycles. The molecule has 0 aliphatic heterocycles. The van der Waals surface area contributed by atoms with Gasteiger partial charge in [-0.1, -0.05) is 19.9 Å². The van der Waals surface area contributed by atoms with E-state index in [4.69, 9.17) is 4.74 Å². The number of hydrogen-bond donors (Lipinski definition) is 1. The lowest BCUT2D eigenvalue weighted by Crippen LogP contribution is -2.31. The number of rotatable bonds is 9. The second-order valence-electron chi connectivity index (χ2n) is 6.79. The number of benzene rings is 1. The zero-order chi connectivity index (χ0) is 18.4. The summed E-state index contributed by atoms with van der Waals surface area (Å²) in [6.45, 7) is 6.62. The van der Waals surface area contributed by atoms with Crippen molar-refractivity contribution in [2.45, 2.75) is 33.4 Å². The molecule has 0 fully saturated rings. The summed E-state index contributed by atoms with van der Waals surface area (Å²) in [5.41, 5.74) is 1.14. The van der Waals surface area contributed by atoms with Crippen LogP contribution >= 0.6 is 0 Å². The Balaban J connectivity index is 1.54. The molecule has 1 N–H and O–H groups in total. The van der Waals surface area contributed by atoms with Crippen LogP contribution < -0.4 is 10.1 Å². The quantitative estimate of drug-likeness (QED) is 0.642. The molecule has 6 nitrogen and oxygen atoms in total. The number of nitrogens with zero attached hydrogens (tertiary/aromatic N) is 3. The lowest BCUT2D eigenvalue weighted by Gasteiger charge is -2.10. The van der Waals surface area contributed by atoms with Gasteiger partial charge in [0.25, 0.3) is 5.91 Å². The van der Waals surface area contributed by atoms with Gasteiger partial charge in [-0.15, -0.1) is 0 Å². The Morgan fingerprint density at radius 1 is 1.19 bits per heavy atom. The van der Waals surface area contributed by atoms with Crippen molar-refractivity contribution in [3.05, 3.63) is 48.9 Å². The molecule has 1 amide bonds. The predicted octanol–water partition coefficient (Wildman–Crippen LogP) is 3.08. The van der Waals surface area contributed by atoms with Crippen LogP contribution in [0.5, 0.6) is 5.75 Å². The van der Waals surface area contributed by atoms with E-state index >= 15 is 0 Å². The molecule has 26 heavy (non-hydrogen) atoms. The van der Waals surface area contributed by atoms with E-state index in [9.17, 15) is 4.79 Å². The van der Waals surface area contributed by atoms with Gasteiger partial charge in [-0.3, -0.25) is 9.48 Å². The van der Waals surface area contributed by atoms with E-state index in [0.717, 1.165) is 29.6 Å². The number of carbonyl (C=O) groups excluding carboxylic acids is 1. The van der Waals surface area contributed by atoms with Crippen molar-refractivity contribution >= 4 is 16.8 Å². The average molecular weight is 354 g/mol. The normalized spacial score (nSPS) is 11.2. The molecule has 0 aliphatic carbocycles. The molecule has 0 aliphatic rings. The van der Waals surface area contributed by atoms with Gasteiger partial charge in [0.2, 0.25) is 0 Å². The number of amides is 1. The molecule has 1 aromatic carbocycles. The Morgan fingerprint density at radius 2 is 2.08 bits per heavy atom. The summed E-state index contributed by atoms with van der Waals surface area (Å²) in [5.74, 6) is 1.28. The molecule has 0 spiro atoms. The smallest absolute Gasteiger partial charge is 0.258 e. The fourth-order valence-corrected chi connectivity index (χ4v) is 2.85. The number of hydrogen-bond acceptors (Lipinski definition) is 3. The minimum atomic E-state index is -0.131. The van der Waals surface area contributed by atoms with E-state index in [-0.39, 0.29) is 12.5 Å². The number of carbonyl (C=O) groups is 1. The van der Waals surface area contributed by atoms with Crippen molar-refractivity contribution in [3.63, 3.8) is 0 Å². The van der Waals surface area contributed by atoms with E-state index in [2.05, 4.69) is 47.2 Å². The summed E-state index contributed by atoms with van der Waals surface area (Å²) in [4.78, 5) is 12.0. The van der Waals surface area contributed by atoms with Gasteiger partial charge in [0, 0.05) is 37.1 Å². The molecule has 3 aromatic rings. The van der Waals surface area contributed by atoms with Crippen LogP contribution in [0.25, 0.3) is 10.9 Å². The van der Waals surface area contributed by atoms with Crippen LogP contribution in [0.4, 0.5) is 0 Å². The third kappa shape index (κ3) is 4.65. The molecule has 0 atom stereocenters. The summed E-state index contributed by atoms with van der Waals surface area (Å²) >= 11 is 0. The van der Waals surface area contributed by atoms with Gasteiger partial charge in [0.1, 0.15) is 5.75 Å². The highest BCUT2D eigenvalue weighted by Gasteiger charge is 2.09. The Hall–Kier alpha value is -2.76. The van der Waals surface area contributed by atoms with E-state index in [1.54, 1.807) is 10.9 Å². The summed E-state index contributed by atoms with van der Waals surface area (Å²) in [6, 6.07) is 9.89. The number of ether oxygens (including phenoxy) is 1. The lowest BCUT2D eigenvalue weighted by molar-refractivity contribution is -0.123.